The molecule has 1 aromatic heterocycles. The number of halogens is 1. The average Bonchev–Trinajstić information content (AvgIpc) is 3.29. The van der Waals surface area contributed by atoms with Gasteiger partial charge in [-0.1, -0.05) is 24.3 Å². The lowest BCUT2D eigenvalue weighted by molar-refractivity contribution is 0.750. The molecule has 0 saturated carbocycles. The molecular weight excluding hydrogens is 489 g/mol. The fraction of sp³-hybridized carbons (Fsp3) is 0.318. The van der Waals surface area contributed by atoms with Crippen molar-refractivity contribution in [2.24, 2.45) is 4.99 Å². The number of rotatable bonds is 8. The van der Waals surface area contributed by atoms with E-state index in [0.29, 0.717) is 6.54 Å². The zero-order chi connectivity index (χ0) is 20.5. The Morgan fingerprint density at radius 2 is 1.93 bits per heavy atom. The maximum atomic E-state index is 4.32. The van der Waals surface area contributed by atoms with Crippen LogP contribution < -0.4 is 15.5 Å². The number of hydrogen-bond acceptors (Lipinski definition) is 4. The number of likely N-dealkylation sites (N-methyl/N-ethyl adjacent to an activating group) is 1. The van der Waals surface area contributed by atoms with Crippen LogP contribution in [0.25, 0.3) is 5.69 Å². The first-order chi connectivity index (χ1) is 14.2. The molecule has 0 spiro atoms. The molecule has 0 aliphatic rings. The minimum Gasteiger partial charge on any atom is -0.370 e. The number of aliphatic imine (C=N–C) groups is 1. The molecule has 0 aliphatic heterocycles. The molecule has 0 aliphatic carbocycles. The van der Waals surface area contributed by atoms with Crippen LogP contribution >= 0.6 is 24.0 Å². The van der Waals surface area contributed by atoms with Crippen LogP contribution in [0.5, 0.6) is 0 Å². The van der Waals surface area contributed by atoms with Gasteiger partial charge in [-0.15, -0.1) is 24.0 Å². The summed E-state index contributed by atoms with van der Waals surface area (Å²) < 4.78 is 1.74. The van der Waals surface area contributed by atoms with Gasteiger partial charge in [0.2, 0.25) is 0 Å². The molecule has 1 heterocycles. The van der Waals surface area contributed by atoms with E-state index in [1.54, 1.807) is 18.1 Å². The Morgan fingerprint density at radius 1 is 1.13 bits per heavy atom. The predicted molar refractivity (Wildman–Crippen MR) is 134 cm³/mol. The highest BCUT2D eigenvalue weighted by Crippen LogP contribution is 2.15. The minimum atomic E-state index is 0. The SMILES string of the molecule is CCN(CCNC(=NC)NCc1ccc(-n2cncn2)cc1)c1cccc(C)c1.I. The number of nitrogens with zero attached hydrogens (tertiary/aromatic N) is 5. The van der Waals surface area contributed by atoms with Crippen molar-refractivity contribution in [3.05, 3.63) is 72.3 Å². The summed E-state index contributed by atoms with van der Waals surface area (Å²) >= 11 is 0. The molecule has 0 fully saturated rings. The van der Waals surface area contributed by atoms with Crippen LogP contribution in [0, 0.1) is 6.92 Å². The summed E-state index contributed by atoms with van der Waals surface area (Å²) in [5, 5.41) is 10.9. The Hall–Kier alpha value is -2.62. The normalized spacial score (nSPS) is 11.0. The van der Waals surface area contributed by atoms with Crippen LogP contribution in [0.3, 0.4) is 0 Å². The lowest BCUT2D eigenvalue weighted by atomic mass is 10.2. The van der Waals surface area contributed by atoms with Crippen LogP contribution in [-0.4, -0.2) is 47.4 Å². The van der Waals surface area contributed by atoms with Crippen molar-refractivity contribution in [2.45, 2.75) is 20.4 Å². The van der Waals surface area contributed by atoms with Crippen molar-refractivity contribution in [3.63, 3.8) is 0 Å². The third-order valence-electron chi connectivity index (χ3n) is 4.73. The Kier molecular flexibility index (Phi) is 9.59. The molecule has 0 atom stereocenters. The summed E-state index contributed by atoms with van der Waals surface area (Å²) in [6.45, 7) is 7.69. The van der Waals surface area contributed by atoms with Gasteiger partial charge in [0.15, 0.2) is 5.96 Å². The second-order valence-corrected chi connectivity index (χ2v) is 6.78. The Labute approximate surface area is 195 Å². The second kappa shape index (κ2) is 12.2. The van der Waals surface area contributed by atoms with Gasteiger partial charge in [-0.2, -0.15) is 5.10 Å². The first kappa shape index (κ1) is 23.7. The van der Waals surface area contributed by atoms with Crippen molar-refractivity contribution in [3.8, 4) is 5.69 Å². The van der Waals surface area contributed by atoms with Crippen LogP contribution in [-0.2, 0) is 6.54 Å². The fourth-order valence-corrected chi connectivity index (χ4v) is 3.12. The first-order valence-electron chi connectivity index (χ1n) is 9.89. The number of benzene rings is 2. The van der Waals surface area contributed by atoms with Gasteiger partial charge in [0.05, 0.1) is 5.69 Å². The van der Waals surface area contributed by atoms with E-state index in [2.05, 4.69) is 80.9 Å². The van der Waals surface area contributed by atoms with Crippen molar-refractivity contribution in [2.75, 3.05) is 31.6 Å². The molecule has 3 rings (SSSR count). The predicted octanol–water partition coefficient (Wildman–Crippen LogP) is 3.39. The molecule has 0 bridgehead atoms. The van der Waals surface area contributed by atoms with Crippen molar-refractivity contribution < 1.29 is 0 Å². The number of nitrogens with one attached hydrogen (secondary N) is 2. The monoisotopic (exact) mass is 519 g/mol. The molecule has 30 heavy (non-hydrogen) atoms. The molecule has 160 valence electrons. The van der Waals surface area contributed by atoms with Crippen molar-refractivity contribution >= 4 is 35.6 Å². The van der Waals surface area contributed by atoms with E-state index in [0.717, 1.165) is 31.3 Å². The minimum absolute atomic E-state index is 0. The summed E-state index contributed by atoms with van der Waals surface area (Å²) in [6, 6.07) is 16.8. The third kappa shape index (κ3) is 6.72. The standard InChI is InChI=1S/C22H29N7.HI/c1-4-28(21-7-5-6-18(2)14-21)13-12-25-22(23-3)26-15-19-8-10-20(11-9-19)29-17-24-16-27-29;/h5-11,14,16-17H,4,12-13,15H2,1-3H3,(H2,23,25,26);1H. The highest BCUT2D eigenvalue weighted by molar-refractivity contribution is 14.0. The number of aromatic nitrogens is 3. The van der Waals surface area contributed by atoms with Gasteiger partial charge in [-0.3, -0.25) is 4.99 Å². The molecule has 0 saturated heterocycles. The summed E-state index contributed by atoms with van der Waals surface area (Å²) in [4.78, 5) is 10.7. The summed E-state index contributed by atoms with van der Waals surface area (Å²) in [6.07, 6.45) is 3.22. The highest BCUT2D eigenvalue weighted by atomic mass is 127. The van der Waals surface area contributed by atoms with Gasteiger partial charge >= 0.3 is 0 Å². The van der Waals surface area contributed by atoms with Gasteiger partial charge < -0.3 is 15.5 Å². The summed E-state index contributed by atoms with van der Waals surface area (Å²) in [5.74, 6) is 0.797. The Balaban J connectivity index is 0.00000320. The molecule has 3 aromatic rings. The Morgan fingerprint density at radius 3 is 2.57 bits per heavy atom. The lowest BCUT2D eigenvalue weighted by Crippen LogP contribution is -2.41. The number of aryl methyl sites for hydroxylation is 1. The van der Waals surface area contributed by atoms with E-state index < -0.39 is 0 Å². The van der Waals surface area contributed by atoms with Gasteiger partial charge in [-0.25, -0.2) is 9.67 Å². The molecule has 2 aromatic carbocycles. The largest absolute Gasteiger partial charge is 0.370 e. The quantitative estimate of drug-likeness (QED) is 0.271. The number of guanidine groups is 1. The highest BCUT2D eigenvalue weighted by Gasteiger charge is 2.05. The van der Waals surface area contributed by atoms with Gasteiger partial charge in [0.25, 0.3) is 0 Å². The van der Waals surface area contributed by atoms with Crippen molar-refractivity contribution in [1.29, 1.82) is 0 Å². The maximum Gasteiger partial charge on any atom is 0.191 e. The van der Waals surface area contributed by atoms with E-state index in [1.165, 1.54) is 23.1 Å². The topological polar surface area (TPSA) is 70.4 Å². The first-order valence-corrected chi connectivity index (χ1v) is 9.89. The average molecular weight is 519 g/mol. The molecule has 0 amide bonds. The van der Waals surface area contributed by atoms with E-state index in [1.807, 2.05) is 12.1 Å². The van der Waals surface area contributed by atoms with Gasteiger partial charge in [-0.05, 0) is 49.2 Å². The van der Waals surface area contributed by atoms with Crippen molar-refractivity contribution in [1.82, 2.24) is 25.4 Å². The molecule has 0 unspecified atom stereocenters. The van der Waals surface area contributed by atoms with E-state index in [4.69, 9.17) is 0 Å². The van der Waals surface area contributed by atoms with E-state index in [9.17, 15) is 0 Å². The van der Waals surface area contributed by atoms with Crippen LogP contribution in [0.2, 0.25) is 0 Å². The fourth-order valence-electron chi connectivity index (χ4n) is 3.12. The van der Waals surface area contributed by atoms with E-state index >= 15 is 0 Å². The van der Waals surface area contributed by atoms with Crippen LogP contribution in [0.1, 0.15) is 18.1 Å². The van der Waals surface area contributed by atoms with Gasteiger partial charge in [0, 0.05) is 38.9 Å². The van der Waals surface area contributed by atoms with Gasteiger partial charge in [0.1, 0.15) is 12.7 Å². The molecule has 7 nitrogen and oxygen atoms in total. The summed E-state index contributed by atoms with van der Waals surface area (Å²) in [7, 11) is 1.79. The Bertz CT molecular complexity index is 908. The zero-order valence-corrected chi connectivity index (χ0v) is 20.1. The number of hydrogen-bond donors (Lipinski definition) is 2. The van der Waals surface area contributed by atoms with Crippen LogP contribution in [0.15, 0.2) is 66.2 Å². The maximum absolute atomic E-state index is 4.32. The molecule has 8 heteroatoms. The van der Waals surface area contributed by atoms with E-state index in [-0.39, 0.29) is 24.0 Å². The third-order valence-corrected chi connectivity index (χ3v) is 4.73. The lowest BCUT2D eigenvalue weighted by Gasteiger charge is -2.24. The number of anilines is 1. The zero-order valence-electron chi connectivity index (χ0n) is 17.7. The smallest absolute Gasteiger partial charge is 0.191 e. The second-order valence-electron chi connectivity index (χ2n) is 6.78. The van der Waals surface area contributed by atoms with Crippen LogP contribution in [0.4, 0.5) is 5.69 Å². The molecule has 2 N–H and O–H groups in total. The summed E-state index contributed by atoms with van der Waals surface area (Å²) in [5.41, 5.74) is 4.70. The molecule has 0 radical (unpaired) electrons. The molecular formula is C22H30IN7.